The molecule has 0 saturated carbocycles. The number of para-hydroxylation sites is 1. The molecule has 0 fully saturated rings. The van der Waals surface area contributed by atoms with Gasteiger partial charge in [-0.25, -0.2) is 4.79 Å². The van der Waals surface area contributed by atoms with Crippen molar-refractivity contribution >= 4 is 17.4 Å². The number of oxime groups is 1. The molecule has 0 aliphatic rings. The molecule has 0 bridgehead atoms. The molecule has 78 valence electrons. The molecular weight excluding hydrogens is 204 g/mol. The summed E-state index contributed by atoms with van der Waals surface area (Å²) in [4.78, 5) is 20.4. The number of hydrogen-bond acceptors (Lipinski definition) is 5. The lowest BCUT2D eigenvalue weighted by atomic mass is 10.1. The predicted molar refractivity (Wildman–Crippen MR) is 49.1 cm³/mol. The van der Waals surface area contributed by atoms with Gasteiger partial charge in [-0.05, 0) is 6.07 Å². The van der Waals surface area contributed by atoms with Crippen molar-refractivity contribution in [2.75, 3.05) is 0 Å². The number of benzene rings is 1. The van der Waals surface area contributed by atoms with E-state index in [9.17, 15) is 14.9 Å². The summed E-state index contributed by atoms with van der Waals surface area (Å²) >= 11 is 0. The Balaban J connectivity index is 3.36. The van der Waals surface area contributed by atoms with Crippen LogP contribution in [0.5, 0.6) is 0 Å². The molecule has 1 aromatic carbocycles. The third kappa shape index (κ3) is 2.08. The van der Waals surface area contributed by atoms with Gasteiger partial charge >= 0.3 is 5.97 Å². The fraction of sp³-hybridized carbons (Fsp3) is 0. The number of rotatable bonds is 3. The van der Waals surface area contributed by atoms with Gasteiger partial charge in [-0.3, -0.25) is 10.1 Å². The summed E-state index contributed by atoms with van der Waals surface area (Å²) in [5, 5.41) is 30.1. The molecule has 0 aliphatic heterocycles. The van der Waals surface area contributed by atoms with Crippen LogP contribution in [0.25, 0.3) is 0 Å². The van der Waals surface area contributed by atoms with Crippen molar-refractivity contribution in [3.05, 3.63) is 39.9 Å². The molecule has 2 N–H and O–H groups in total. The number of nitrogens with zero attached hydrogens (tertiary/aromatic N) is 2. The highest BCUT2D eigenvalue weighted by Crippen LogP contribution is 2.18. The van der Waals surface area contributed by atoms with Crippen LogP contribution in [0.1, 0.15) is 5.56 Å². The topological polar surface area (TPSA) is 113 Å². The van der Waals surface area contributed by atoms with E-state index in [1.54, 1.807) is 0 Å². The maximum Gasteiger partial charge on any atom is 0.358 e. The summed E-state index contributed by atoms with van der Waals surface area (Å²) in [6.07, 6.45) is 0. The Morgan fingerprint density at radius 3 is 2.47 bits per heavy atom. The van der Waals surface area contributed by atoms with Crippen LogP contribution in [-0.4, -0.2) is 26.9 Å². The number of nitro benzene ring substituents is 1. The molecule has 0 unspecified atom stereocenters. The zero-order valence-corrected chi connectivity index (χ0v) is 7.32. The predicted octanol–water partition coefficient (Wildman–Crippen LogP) is 0.858. The van der Waals surface area contributed by atoms with Gasteiger partial charge in [-0.1, -0.05) is 17.3 Å². The van der Waals surface area contributed by atoms with Gasteiger partial charge in [-0.15, -0.1) is 0 Å². The fourth-order valence-electron chi connectivity index (χ4n) is 1.04. The number of carbonyl (C=O) groups is 1. The summed E-state index contributed by atoms with van der Waals surface area (Å²) in [6.45, 7) is 0. The van der Waals surface area contributed by atoms with Crippen LogP contribution < -0.4 is 0 Å². The van der Waals surface area contributed by atoms with Gasteiger partial charge in [0.15, 0.2) is 0 Å². The van der Waals surface area contributed by atoms with Crippen molar-refractivity contribution in [3.63, 3.8) is 0 Å². The van der Waals surface area contributed by atoms with Gasteiger partial charge in [0.1, 0.15) is 0 Å². The molecule has 7 heteroatoms. The molecular formula is C8H6N2O5. The Kier molecular flexibility index (Phi) is 2.97. The van der Waals surface area contributed by atoms with E-state index >= 15 is 0 Å². The first kappa shape index (κ1) is 10.6. The molecule has 15 heavy (non-hydrogen) atoms. The number of carboxylic acids is 1. The SMILES string of the molecule is O=C(O)C(=NO)c1ccccc1[N+](=O)[O-]. The van der Waals surface area contributed by atoms with E-state index in [2.05, 4.69) is 5.16 Å². The molecule has 0 aromatic heterocycles. The van der Waals surface area contributed by atoms with E-state index in [-0.39, 0.29) is 5.56 Å². The number of aliphatic carboxylic acids is 1. The van der Waals surface area contributed by atoms with Gasteiger partial charge in [0.05, 0.1) is 10.5 Å². The standard InChI is InChI=1S/C8H6N2O5/c11-8(12)7(9-13)5-3-1-2-4-6(5)10(14)15/h1-4,13H,(H,11,12). The van der Waals surface area contributed by atoms with Crippen molar-refractivity contribution in [3.8, 4) is 0 Å². The zero-order chi connectivity index (χ0) is 11.4. The molecule has 1 rings (SSSR count). The van der Waals surface area contributed by atoms with Crippen molar-refractivity contribution in [1.82, 2.24) is 0 Å². The molecule has 0 amide bonds. The molecule has 0 heterocycles. The molecule has 0 aliphatic carbocycles. The minimum absolute atomic E-state index is 0.238. The van der Waals surface area contributed by atoms with Crippen LogP contribution in [-0.2, 0) is 4.79 Å². The first-order valence-corrected chi connectivity index (χ1v) is 3.77. The van der Waals surface area contributed by atoms with Crippen molar-refractivity contribution < 1.29 is 20.0 Å². The van der Waals surface area contributed by atoms with E-state index in [0.29, 0.717) is 0 Å². The third-order valence-corrected chi connectivity index (χ3v) is 1.66. The lowest BCUT2D eigenvalue weighted by Gasteiger charge is -2.00. The van der Waals surface area contributed by atoms with E-state index in [0.717, 1.165) is 6.07 Å². The molecule has 0 spiro atoms. The summed E-state index contributed by atoms with van der Waals surface area (Å²) in [7, 11) is 0. The Bertz CT molecular complexity index is 440. The van der Waals surface area contributed by atoms with Crippen molar-refractivity contribution in [2.45, 2.75) is 0 Å². The maximum atomic E-state index is 10.6. The number of nitro groups is 1. The van der Waals surface area contributed by atoms with E-state index in [4.69, 9.17) is 10.3 Å². The van der Waals surface area contributed by atoms with Gasteiger partial charge < -0.3 is 10.3 Å². The van der Waals surface area contributed by atoms with Crippen LogP contribution >= 0.6 is 0 Å². The number of hydrogen-bond donors (Lipinski definition) is 2. The Labute approximate surface area is 83.4 Å². The Morgan fingerprint density at radius 1 is 1.40 bits per heavy atom. The van der Waals surface area contributed by atoms with Crippen molar-refractivity contribution in [2.24, 2.45) is 5.16 Å². The van der Waals surface area contributed by atoms with E-state index < -0.39 is 22.3 Å². The first-order valence-electron chi connectivity index (χ1n) is 3.77. The summed E-state index contributed by atoms with van der Waals surface area (Å²) in [6, 6.07) is 5.12. The first-order chi connectivity index (χ1) is 7.07. The maximum absolute atomic E-state index is 10.6. The molecule has 0 saturated heterocycles. The van der Waals surface area contributed by atoms with Gasteiger partial charge in [0, 0.05) is 6.07 Å². The lowest BCUT2D eigenvalue weighted by molar-refractivity contribution is -0.385. The van der Waals surface area contributed by atoms with Crippen LogP contribution in [0.3, 0.4) is 0 Å². The van der Waals surface area contributed by atoms with E-state index in [1.165, 1.54) is 18.2 Å². The van der Waals surface area contributed by atoms with Gasteiger partial charge in [0.25, 0.3) is 5.69 Å². The summed E-state index contributed by atoms with van der Waals surface area (Å²) < 4.78 is 0. The highest BCUT2D eigenvalue weighted by molar-refractivity contribution is 6.43. The molecule has 0 atom stereocenters. The fourth-order valence-corrected chi connectivity index (χ4v) is 1.04. The van der Waals surface area contributed by atoms with Crippen LogP contribution in [0.15, 0.2) is 29.4 Å². The Morgan fingerprint density at radius 2 is 2.00 bits per heavy atom. The van der Waals surface area contributed by atoms with E-state index in [1.807, 2.05) is 0 Å². The Hall–Kier alpha value is -2.44. The van der Waals surface area contributed by atoms with Gasteiger partial charge in [-0.2, -0.15) is 0 Å². The smallest absolute Gasteiger partial charge is 0.358 e. The van der Waals surface area contributed by atoms with Crippen LogP contribution in [0, 0.1) is 10.1 Å². The molecule has 1 aromatic rings. The number of carboxylic acid groups (broad SMARTS) is 1. The van der Waals surface area contributed by atoms with Crippen LogP contribution in [0.4, 0.5) is 5.69 Å². The average molecular weight is 210 g/mol. The normalized spacial score (nSPS) is 11.1. The minimum atomic E-state index is -1.54. The minimum Gasteiger partial charge on any atom is -0.476 e. The largest absolute Gasteiger partial charge is 0.476 e. The average Bonchev–Trinajstić information content (AvgIpc) is 2.18. The monoisotopic (exact) mass is 210 g/mol. The molecule has 7 nitrogen and oxygen atoms in total. The lowest BCUT2D eigenvalue weighted by Crippen LogP contribution is -2.16. The van der Waals surface area contributed by atoms with Crippen molar-refractivity contribution in [1.29, 1.82) is 0 Å². The summed E-state index contributed by atoms with van der Waals surface area (Å²) in [5.74, 6) is -1.54. The highest BCUT2D eigenvalue weighted by atomic mass is 16.6. The second-order valence-electron chi connectivity index (χ2n) is 2.53. The highest BCUT2D eigenvalue weighted by Gasteiger charge is 2.22. The second-order valence-corrected chi connectivity index (χ2v) is 2.53. The van der Waals surface area contributed by atoms with Crippen LogP contribution in [0.2, 0.25) is 0 Å². The van der Waals surface area contributed by atoms with Gasteiger partial charge in [0.2, 0.25) is 5.71 Å². The quantitative estimate of drug-likeness (QED) is 0.332. The summed E-state index contributed by atoms with van der Waals surface area (Å²) in [5.41, 5.74) is -1.42. The zero-order valence-electron chi connectivity index (χ0n) is 7.32. The third-order valence-electron chi connectivity index (χ3n) is 1.66. The second kappa shape index (κ2) is 4.18. The molecule has 0 radical (unpaired) electrons.